The monoisotopic (exact) mass is 507 g/mol. The second-order valence-corrected chi connectivity index (χ2v) is 9.88. The van der Waals surface area contributed by atoms with Gasteiger partial charge in [-0.25, -0.2) is 4.98 Å². The lowest BCUT2D eigenvalue weighted by atomic mass is 10.1. The average Bonchev–Trinajstić information content (AvgIpc) is 3.60. The second-order valence-electron chi connectivity index (χ2n) is 9.88. The van der Waals surface area contributed by atoms with E-state index >= 15 is 0 Å². The first kappa shape index (κ1) is 23.9. The van der Waals surface area contributed by atoms with E-state index in [4.69, 9.17) is 9.47 Å². The topological polar surface area (TPSA) is 48.3 Å². The van der Waals surface area contributed by atoms with Crippen molar-refractivity contribution in [3.05, 3.63) is 82.7 Å². The Morgan fingerprint density at radius 3 is 2.76 bits per heavy atom. The zero-order valence-corrected chi connectivity index (χ0v) is 20.7. The molecule has 4 aromatic rings. The molecule has 0 radical (unpaired) electrons. The van der Waals surface area contributed by atoms with Gasteiger partial charge in [-0.05, 0) is 73.7 Å². The maximum atomic E-state index is 13.4. The van der Waals surface area contributed by atoms with Crippen LogP contribution in [0, 0.1) is 6.92 Å². The summed E-state index contributed by atoms with van der Waals surface area (Å²) in [5.41, 5.74) is 5.44. The molecule has 0 bridgehead atoms. The van der Waals surface area contributed by atoms with Crippen molar-refractivity contribution in [2.24, 2.45) is 0 Å². The fourth-order valence-electron chi connectivity index (χ4n) is 5.34. The summed E-state index contributed by atoms with van der Waals surface area (Å²) >= 11 is 0. The van der Waals surface area contributed by atoms with E-state index in [-0.39, 0.29) is 12.2 Å². The maximum Gasteiger partial charge on any atom is 0.416 e. The molecule has 2 aliphatic rings. The number of rotatable bonds is 5. The van der Waals surface area contributed by atoms with Crippen LogP contribution < -0.4 is 10.1 Å². The first-order valence-electron chi connectivity index (χ1n) is 12.6. The standard InChI is InChI=1S/C29H28F3N3O2/c1-17-13-19-8-10-22(15-27(19)37-17)33-16-20-5-3-6-24(18(20)2)35-25-11-9-21(29(30,31)32)14-23(25)34-28(35)26-7-4-12-36-26/h3,5-6,8-11,14-15,17,26,33H,4,7,12-13,16H2,1-2H3/t17-,26?/m1/s1. The van der Waals surface area contributed by atoms with Crippen molar-refractivity contribution in [1.29, 1.82) is 0 Å². The normalized spacial score (nSPS) is 19.3. The highest BCUT2D eigenvalue weighted by Gasteiger charge is 2.32. The average molecular weight is 508 g/mol. The van der Waals surface area contributed by atoms with Gasteiger partial charge in [-0.15, -0.1) is 0 Å². The lowest BCUT2D eigenvalue weighted by Gasteiger charge is -2.18. The SMILES string of the molecule is Cc1c(CNc2ccc3c(c2)O[C@H](C)C3)cccc1-n1c(C2CCCO2)nc2cc(C(F)(F)F)ccc21. The molecule has 1 N–H and O–H groups in total. The van der Waals surface area contributed by atoms with Gasteiger partial charge in [0.05, 0.1) is 22.3 Å². The maximum absolute atomic E-state index is 13.4. The summed E-state index contributed by atoms with van der Waals surface area (Å²) in [5.74, 6) is 1.57. The van der Waals surface area contributed by atoms with E-state index < -0.39 is 11.7 Å². The molecular formula is C29H28F3N3O2. The van der Waals surface area contributed by atoms with Crippen LogP contribution in [0.1, 0.15) is 53.9 Å². The predicted molar refractivity (Wildman–Crippen MR) is 136 cm³/mol. The van der Waals surface area contributed by atoms with Crippen molar-refractivity contribution in [3.8, 4) is 11.4 Å². The van der Waals surface area contributed by atoms with Crippen LogP contribution in [0.25, 0.3) is 16.7 Å². The molecule has 3 aromatic carbocycles. The minimum atomic E-state index is -4.43. The molecule has 0 spiro atoms. The zero-order valence-electron chi connectivity index (χ0n) is 20.7. The van der Waals surface area contributed by atoms with Gasteiger partial charge in [-0.1, -0.05) is 18.2 Å². The van der Waals surface area contributed by atoms with Crippen molar-refractivity contribution < 1.29 is 22.6 Å². The third kappa shape index (κ3) is 4.44. The van der Waals surface area contributed by atoms with Crippen LogP contribution >= 0.6 is 0 Å². The highest BCUT2D eigenvalue weighted by atomic mass is 19.4. The molecule has 37 heavy (non-hydrogen) atoms. The van der Waals surface area contributed by atoms with E-state index in [0.29, 0.717) is 30.0 Å². The predicted octanol–water partition coefficient (Wildman–Crippen LogP) is 7.14. The summed E-state index contributed by atoms with van der Waals surface area (Å²) in [6.45, 7) is 5.31. The van der Waals surface area contributed by atoms with Crippen LogP contribution in [-0.2, 0) is 23.9 Å². The smallest absolute Gasteiger partial charge is 0.416 e. The number of benzene rings is 3. The van der Waals surface area contributed by atoms with Gasteiger partial charge in [0.25, 0.3) is 0 Å². The Morgan fingerprint density at radius 1 is 1.11 bits per heavy atom. The summed E-state index contributed by atoms with van der Waals surface area (Å²) in [5, 5.41) is 3.50. The molecule has 1 aromatic heterocycles. The third-order valence-corrected chi connectivity index (χ3v) is 7.27. The van der Waals surface area contributed by atoms with Crippen molar-refractivity contribution in [2.75, 3.05) is 11.9 Å². The number of ether oxygens (including phenoxy) is 2. The molecule has 2 atom stereocenters. The van der Waals surface area contributed by atoms with Crippen LogP contribution in [0.5, 0.6) is 5.75 Å². The molecule has 192 valence electrons. The molecule has 0 amide bonds. The van der Waals surface area contributed by atoms with Crippen molar-refractivity contribution >= 4 is 16.7 Å². The van der Waals surface area contributed by atoms with Gasteiger partial charge in [0.1, 0.15) is 23.8 Å². The number of nitrogens with one attached hydrogen (secondary N) is 1. The van der Waals surface area contributed by atoms with E-state index in [2.05, 4.69) is 35.4 Å². The molecule has 1 saturated heterocycles. The Labute approximate surface area is 213 Å². The Hall–Kier alpha value is -3.52. The van der Waals surface area contributed by atoms with Gasteiger partial charge in [0.15, 0.2) is 0 Å². The summed E-state index contributed by atoms with van der Waals surface area (Å²) < 4.78 is 54.0. The largest absolute Gasteiger partial charge is 0.490 e. The molecule has 6 rings (SSSR count). The van der Waals surface area contributed by atoms with Gasteiger partial charge in [0.2, 0.25) is 0 Å². The molecular weight excluding hydrogens is 479 g/mol. The van der Waals surface area contributed by atoms with E-state index in [0.717, 1.165) is 59.6 Å². The summed E-state index contributed by atoms with van der Waals surface area (Å²) in [4.78, 5) is 4.66. The van der Waals surface area contributed by atoms with Crippen molar-refractivity contribution in [1.82, 2.24) is 9.55 Å². The Bertz CT molecular complexity index is 1470. The number of fused-ring (bicyclic) bond motifs is 2. The van der Waals surface area contributed by atoms with Crippen molar-refractivity contribution in [2.45, 2.75) is 58.0 Å². The number of imidazole rings is 1. The molecule has 2 aliphatic heterocycles. The minimum Gasteiger partial charge on any atom is -0.490 e. The quantitative estimate of drug-likeness (QED) is 0.312. The molecule has 5 nitrogen and oxygen atoms in total. The number of hydrogen-bond donors (Lipinski definition) is 1. The van der Waals surface area contributed by atoms with Crippen LogP contribution in [0.2, 0.25) is 0 Å². The summed E-state index contributed by atoms with van der Waals surface area (Å²) in [7, 11) is 0. The fraction of sp³-hybridized carbons (Fsp3) is 0.345. The fourth-order valence-corrected chi connectivity index (χ4v) is 5.34. The minimum absolute atomic E-state index is 0.194. The third-order valence-electron chi connectivity index (χ3n) is 7.27. The number of hydrogen-bond acceptors (Lipinski definition) is 4. The lowest BCUT2D eigenvalue weighted by molar-refractivity contribution is -0.137. The number of alkyl halides is 3. The van der Waals surface area contributed by atoms with Crippen molar-refractivity contribution in [3.63, 3.8) is 0 Å². The number of anilines is 1. The van der Waals surface area contributed by atoms with Gasteiger partial charge in [-0.2, -0.15) is 13.2 Å². The van der Waals surface area contributed by atoms with Gasteiger partial charge in [-0.3, -0.25) is 4.57 Å². The van der Waals surface area contributed by atoms with Crippen LogP contribution in [0.15, 0.2) is 54.6 Å². The van der Waals surface area contributed by atoms with E-state index in [9.17, 15) is 13.2 Å². The molecule has 0 saturated carbocycles. The lowest BCUT2D eigenvalue weighted by Crippen LogP contribution is -2.10. The summed E-state index contributed by atoms with van der Waals surface area (Å²) in [6, 6.07) is 16.0. The molecule has 0 aliphatic carbocycles. The molecule has 8 heteroatoms. The summed E-state index contributed by atoms with van der Waals surface area (Å²) in [6.07, 6.45) is -1.88. The zero-order chi connectivity index (χ0) is 25.7. The number of aromatic nitrogens is 2. The van der Waals surface area contributed by atoms with Crippen LogP contribution in [-0.4, -0.2) is 22.3 Å². The van der Waals surface area contributed by atoms with Crippen LogP contribution in [0.4, 0.5) is 18.9 Å². The first-order valence-corrected chi connectivity index (χ1v) is 12.6. The van der Waals surface area contributed by atoms with Gasteiger partial charge >= 0.3 is 6.18 Å². The van der Waals surface area contributed by atoms with Crippen LogP contribution in [0.3, 0.4) is 0 Å². The van der Waals surface area contributed by atoms with E-state index in [1.165, 1.54) is 11.6 Å². The Morgan fingerprint density at radius 2 is 1.97 bits per heavy atom. The van der Waals surface area contributed by atoms with Gasteiger partial charge < -0.3 is 14.8 Å². The van der Waals surface area contributed by atoms with Gasteiger partial charge in [0, 0.05) is 31.3 Å². The Balaban J connectivity index is 1.37. The first-order chi connectivity index (χ1) is 17.8. The van der Waals surface area contributed by atoms with E-state index in [1.807, 2.05) is 29.7 Å². The van der Waals surface area contributed by atoms with E-state index in [1.54, 1.807) is 0 Å². The molecule has 1 fully saturated rings. The highest BCUT2D eigenvalue weighted by molar-refractivity contribution is 5.80. The molecule has 3 heterocycles. The second kappa shape index (κ2) is 9.10. The number of nitrogens with zero attached hydrogens (tertiary/aromatic N) is 2. The Kier molecular flexibility index (Phi) is 5.87. The highest BCUT2D eigenvalue weighted by Crippen LogP contribution is 2.37. The molecule has 1 unspecified atom stereocenters. The number of halogens is 3.